The summed E-state index contributed by atoms with van der Waals surface area (Å²) in [5, 5.41) is 4.03. The van der Waals surface area contributed by atoms with Crippen molar-refractivity contribution in [1.29, 1.82) is 0 Å². The van der Waals surface area contributed by atoms with E-state index in [9.17, 15) is 19.2 Å². The number of hydrogen-bond acceptors (Lipinski definition) is 7. The van der Waals surface area contributed by atoms with Crippen molar-refractivity contribution >= 4 is 23.7 Å². The molecule has 1 aromatic heterocycles. The summed E-state index contributed by atoms with van der Waals surface area (Å²) in [5.41, 5.74) is 5.29. The van der Waals surface area contributed by atoms with E-state index in [1.54, 1.807) is 12.1 Å². The summed E-state index contributed by atoms with van der Waals surface area (Å²) >= 11 is 0. The van der Waals surface area contributed by atoms with Crippen molar-refractivity contribution in [3.63, 3.8) is 0 Å². The molecule has 1 aliphatic rings. The van der Waals surface area contributed by atoms with Gasteiger partial charge >= 0.3 is 5.97 Å². The molecule has 10 heteroatoms. The molecule has 23 heavy (non-hydrogen) atoms. The van der Waals surface area contributed by atoms with E-state index in [4.69, 9.17) is 10.6 Å². The molecule has 0 atom stereocenters. The van der Waals surface area contributed by atoms with Crippen molar-refractivity contribution in [1.82, 2.24) is 19.8 Å². The van der Waals surface area contributed by atoms with E-state index < -0.39 is 30.2 Å². The van der Waals surface area contributed by atoms with Gasteiger partial charge in [-0.3, -0.25) is 14.4 Å². The van der Waals surface area contributed by atoms with E-state index in [1.807, 2.05) is 0 Å². The highest BCUT2D eigenvalue weighted by atomic mass is 16.7. The van der Waals surface area contributed by atoms with Crippen LogP contribution in [0.25, 0.3) is 0 Å². The molecular weight excluding hydrogens is 306 g/mol. The van der Waals surface area contributed by atoms with Gasteiger partial charge in [-0.1, -0.05) is 17.2 Å². The van der Waals surface area contributed by atoms with E-state index in [-0.39, 0.29) is 17.0 Å². The highest BCUT2D eigenvalue weighted by Crippen LogP contribution is 2.22. The minimum atomic E-state index is -0.930. The van der Waals surface area contributed by atoms with Crippen molar-refractivity contribution in [2.45, 2.75) is 6.54 Å². The van der Waals surface area contributed by atoms with Crippen molar-refractivity contribution in [2.75, 3.05) is 0 Å². The predicted molar refractivity (Wildman–Crippen MR) is 71.6 cm³/mol. The first-order valence-corrected chi connectivity index (χ1v) is 6.35. The standard InChI is InChI=1S/C13H9N5O5/c14-10(20)11-15-6-17(16-11)5-9(19)23-18-12(21)7-3-1-2-4-8(7)13(18)22/h1-4,6H,5H2,(H2,14,20). The normalized spacial score (nSPS) is 13.1. The molecule has 0 spiro atoms. The fourth-order valence-corrected chi connectivity index (χ4v) is 2.00. The molecule has 0 bridgehead atoms. The highest BCUT2D eigenvalue weighted by molar-refractivity contribution is 6.20. The van der Waals surface area contributed by atoms with Gasteiger partial charge in [0.1, 0.15) is 12.9 Å². The van der Waals surface area contributed by atoms with Crippen LogP contribution in [0.1, 0.15) is 31.3 Å². The van der Waals surface area contributed by atoms with Crippen LogP contribution >= 0.6 is 0 Å². The number of rotatable bonds is 4. The third-order valence-electron chi connectivity index (χ3n) is 3.00. The lowest BCUT2D eigenvalue weighted by Gasteiger charge is -2.12. The Morgan fingerprint density at radius 2 is 1.74 bits per heavy atom. The fraction of sp³-hybridized carbons (Fsp3) is 0.0769. The van der Waals surface area contributed by atoms with Gasteiger partial charge in [-0.05, 0) is 12.1 Å². The maximum absolute atomic E-state index is 12.0. The molecular formula is C13H9N5O5. The average Bonchev–Trinajstić information content (AvgIpc) is 3.07. The summed E-state index contributed by atoms with van der Waals surface area (Å²) in [6.45, 7) is -0.451. The number of nitrogens with two attached hydrogens (primary N) is 1. The number of carbonyl (C=O) groups is 4. The van der Waals surface area contributed by atoms with Crippen LogP contribution in [-0.4, -0.2) is 43.5 Å². The van der Waals surface area contributed by atoms with Crippen LogP contribution in [0.4, 0.5) is 0 Å². The molecule has 0 saturated heterocycles. The minimum absolute atomic E-state index is 0.155. The number of imide groups is 1. The van der Waals surface area contributed by atoms with Crippen molar-refractivity contribution in [3.05, 3.63) is 47.5 Å². The summed E-state index contributed by atoms with van der Waals surface area (Å²) in [7, 11) is 0. The van der Waals surface area contributed by atoms with Crippen LogP contribution in [0, 0.1) is 0 Å². The van der Waals surface area contributed by atoms with Gasteiger partial charge in [-0.25, -0.2) is 14.5 Å². The second kappa shape index (κ2) is 5.33. The van der Waals surface area contributed by atoms with Gasteiger partial charge in [0.2, 0.25) is 5.82 Å². The Morgan fingerprint density at radius 3 is 2.26 bits per heavy atom. The van der Waals surface area contributed by atoms with Gasteiger partial charge in [-0.15, -0.1) is 5.10 Å². The summed E-state index contributed by atoms with van der Waals surface area (Å²) in [4.78, 5) is 55.1. The van der Waals surface area contributed by atoms with Gasteiger partial charge < -0.3 is 10.6 Å². The summed E-state index contributed by atoms with van der Waals surface area (Å²) < 4.78 is 1.00. The monoisotopic (exact) mass is 315 g/mol. The molecule has 2 N–H and O–H groups in total. The molecule has 2 heterocycles. The summed E-state index contributed by atoms with van der Waals surface area (Å²) in [5.74, 6) is -3.50. The van der Waals surface area contributed by atoms with Crippen LogP contribution in [-0.2, 0) is 16.2 Å². The van der Waals surface area contributed by atoms with E-state index in [2.05, 4.69) is 10.1 Å². The predicted octanol–water partition coefficient (Wildman–Crippen LogP) is -0.869. The molecule has 0 saturated carbocycles. The molecule has 0 unspecified atom stereocenters. The largest absolute Gasteiger partial charge is 0.363 e. The molecule has 116 valence electrons. The molecule has 0 aliphatic carbocycles. The number of nitrogens with zero attached hydrogens (tertiary/aromatic N) is 4. The van der Waals surface area contributed by atoms with Gasteiger partial charge in [0.15, 0.2) is 0 Å². The van der Waals surface area contributed by atoms with Crippen LogP contribution in [0.15, 0.2) is 30.6 Å². The van der Waals surface area contributed by atoms with Crippen LogP contribution < -0.4 is 5.73 Å². The lowest BCUT2D eigenvalue weighted by molar-refractivity contribution is -0.169. The highest BCUT2D eigenvalue weighted by Gasteiger charge is 2.38. The first-order chi connectivity index (χ1) is 11.0. The lowest BCUT2D eigenvalue weighted by atomic mass is 10.1. The molecule has 0 radical (unpaired) electrons. The number of benzene rings is 1. The second-order valence-electron chi connectivity index (χ2n) is 4.54. The zero-order chi connectivity index (χ0) is 16.6. The number of primary amides is 1. The SMILES string of the molecule is NC(=O)c1ncn(CC(=O)ON2C(=O)c3ccccc3C2=O)n1. The van der Waals surface area contributed by atoms with E-state index in [0.29, 0.717) is 5.06 Å². The molecule has 1 aromatic carbocycles. The first-order valence-electron chi connectivity index (χ1n) is 6.35. The molecule has 2 aromatic rings. The van der Waals surface area contributed by atoms with Gasteiger partial charge in [-0.2, -0.15) is 0 Å². The molecule has 0 fully saturated rings. The van der Waals surface area contributed by atoms with Crippen molar-refractivity contribution < 1.29 is 24.0 Å². The summed E-state index contributed by atoms with van der Waals surface area (Å²) in [6.07, 6.45) is 1.10. The Bertz CT molecular complexity index is 808. The quantitative estimate of drug-likeness (QED) is 0.724. The van der Waals surface area contributed by atoms with Crippen LogP contribution in [0.2, 0.25) is 0 Å². The van der Waals surface area contributed by atoms with E-state index >= 15 is 0 Å². The fourth-order valence-electron chi connectivity index (χ4n) is 2.00. The number of aromatic nitrogens is 3. The van der Waals surface area contributed by atoms with E-state index in [0.717, 1.165) is 11.0 Å². The van der Waals surface area contributed by atoms with Crippen molar-refractivity contribution in [3.8, 4) is 0 Å². The van der Waals surface area contributed by atoms with Gasteiger partial charge in [0, 0.05) is 0 Å². The Morgan fingerprint density at radius 1 is 1.13 bits per heavy atom. The summed E-state index contributed by atoms with van der Waals surface area (Å²) in [6, 6.07) is 6.10. The topological polar surface area (TPSA) is 137 Å². The maximum Gasteiger partial charge on any atom is 0.354 e. The molecule has 10 nitrogen and oxygen atoms in total. The average molecular weight is 315 g/mol. The molecule has 3 amide bonds. The first kappa shape index (κ1) is 14.4. The van der Waals surface area contributed by atoms with Crippen LogP contribution in [0.3, 0.4) is 0 Å². The number of hydrogen-bond donors (Lipinski definition) is 1. The Kier molecular flexibility index (Phi) is 3.33. The van der Waals surface area contributed by atoms with E-state index in [1.165, 1.54) is 12.1 Å². The maximum atomic E-state index is 12.0. The second-order valence-corrected chi connectivity index (χ2v) is 4.54. The Hall–Kier alpha value is -3.56. The number of carbonyl (C=O) groups excluding carboxylic acids is 4. The van der Waals surface area contributed by atoms with Gasteiger partial charge in [0.05, 0.1) is 11.1 Å². The number of fused-ring (bicyclic) bond motifs is 1. The third-order valence-corrected chi connectivity index (χ3v) is 3.00. The van der Waals surface area contributed by atoms with Crippen LogP contribution in [0.5, 0.6) is 0 Å². The molecule has 1 aliphatic heterocycles. The Balaban J connectivity index is 1.70. The van der Waals surface area contributed by atoms with Crippen molar-refractivity contribution in [2.24, 2.45) is 5.73 Å². The zero-order valence-corrected chi connectivity index (χ0v) is 11.5. The Labute approximate surface area is 128 Å². The third kappa shape index (κ3) is 2.52. The zero-order valence-electron chi connectivity index (χ0n) is 11.5. The van der Waals surface area contributed by atoms with Gasteiger partial charge in [0.25, 0.3) is 17.7 Å². The smallest absolute Gasteiger partial charge is 0.354 e. The lowest BCUT2D eigenvalue weighted by Crippen LogP contribution is -2.34. The number of amides is 3. The minimum Gasteiger partial charge on any atom is -0.363 e. The molecule has 3 rings (SSSR count). The number of hydroxylamine groups is 2.